The van der Waals surface area contributed by atoms with E-state index in [0.29, 0.717) is 18.8 Å². The average Bonchev–Trinajstić information content (AvgIpc) is 2.62. The first-order chi connectivity index (χ1) is 11.9. The highest BCUT2D eigenvalue weighted by molar-refractivity contribution is 5.12. The van der Waals surface area contributed by atoms with Crippen molar-refractivity contribution in [3.63, 3.8) is 0 Å². The van der Waals surface area contributed by atoms with Gasteiger partial charge in [0.2, 0.25) is 0 Å². The molecule has 0 amide bonds. The Bertz CT molecular complexity index is 465. The molecule has 0 saturated heterocycles. The minimum absolute atomic E-state index is 0.00485. The lowest BCUT2D eigenvalue weighted by molar-refractivity contribution is -0.212. The van der Waals surface area contributed by atoms with Crippen LogP contribution in [0.1, 0.15) is 52.4 Å². The van der Waals surface area contributed by atoms with Crippen LogP contribution in [0.3, 0.4) is 0 Å². The third kappa shape index (κ3) is 3.54. The third-order valence-electron chi connectivity index (χ3n) is 7.64. The molecule has 6 unspecified atom stereocenters. The Morgan fingerprint density at radius 3 is 2.44 bits per heavy atom. The van der Waals surface area contributed by atoms with Gasteiger partial charge >= 0.3 is 0 Å². The highest BCUT2D eigenvalue weighted by Crippen LogP contribution is 2.63. The summed E-state index contributed by atoms with van der Waals surface area (Å²) in [4.78, 5) is 0. The number of aliphatic hydroxyl groups is 5. The van der Waals surface area contributed by atoms with Crippen molar-refractivity contribution in [2.45, 2.75) is 58.5 Å². The molecule has 146 valence electrons. The predicted octanol–water partition coefficient (Wildman–Crippen LogP) is 1.47. The first kappa shape index (κ1) is 20.8. The molecular formula is C20H36O5. The molecule has 2 aliphatic rings. The Hall–Kier alpha value is -0.460. The van der Waals surface area contributed by atoms with E-state index >= 15 is 0 Å². The molecule has 0 bridgehead atoms. The minimum atomic E-state index is -0.631. The van der Waals surface area contributed by atoms with Crippen molar-refractivity contribution in [1.82, 2.24) is 0 Å². The summed E-state index contributed by atoms with van der Waals surface area (Å²) in [6.45, 7) is 4.20. The molecule has 0 aromatic carbocycles. The molecule has 0 radical (unpaired) electrons. The summed E-state index contributed by atoms with van der Waals surface area (Å²) >= 11 is 0. The average molecular weight is 357 g/mol. The highest BCUT2D eigenvalue weighted by Gasteiger charge is 2.61. The van der Waals surface area contributed by atoms with E-state index in [1.165, 1.54) is 0 Å². The van der Waals surface area contributed by atoms with E-state index in [4.69, 9.17) is 5.11 Å². The zero-order valence-electron chi connectivity index (χ0n) is 15.7. The van der Waals surface area contributed by atoms with Crippen LogP contribution in [0.25, 0.3) is 0 Å². The fourth-order valence-corrected chi connectivity index (χ4v) is 5.84. The van der Waals surface area contributed by atoms with E-state index in [2.05, 4.69) is 13.8 Å². The fourth-order valence-electron chi connectivity index (χ4n) is 5.84. The summed E-state index contributed by atoms with van der Waals surface area (Å²) in [6, 6.07) is 0. The van der Waals surface area contributed by atoms with Gasteiger partial charge in [-0.25, -0.2) is 0 Å². The maximum Gasteiger partial charge on any atom is 0.0642 e. The molecule has 6 atom stereocenters. The van der Waals surface area contributed by atoms with Gasteiger partial charge < -0.3 is 25.5 Å². The maximum atomic E-state index is 10.9. The molecule has 0 heterocycles. The molecule has 0 aromatic rings. The van der Waals surface area contributed by atoms with Crippen LogP contribution in [-0.2, 0) is 0 Å². The van der Waals surface area contributed by atoms with Crippen molar-refractivity contribution in [2.24, 2.45) is 28.6 Å². The second kappa shape index (κ2) is 8.49. The predicted molar refractivity (Wildman–Crippen MR) is 96.8 cm³/mol. The second-order valence-electron chi connectivity index (χ2n) is 8.49. The van der Waals surface area contributed by atoms with Gasteiger partial charge in [0.15, 0.2) is 0 Å². The van der Waals surface area contributed by atoms with E-state index in [-0.39, 0.29) is 43.7 Å². The molecule has 5 nitrogen and oxygen atoms in total. The second-order valence-corrected chi connectivity index (χ2v) is 8.49. The van der Waals surface area contributed by atoms with Crippen LogP contribution in [0.2, 0.25) is 0 Å². The van der Waals surface area contributed by atoms with Gasteiger partial charge in [-0.15, -0.1) is 0 Å². The van der Waals surface area contributed by atoms with E-state index in [9.17, 15) is 20.4 Å². The van der Waals surface area contributed by atoms with Gasteiger partial charge in [-0.1, -0.05) is 26.3 Å². The summed E-state index contributed by atoms with van der Waals surface area (Å²) in [6.07, 6.45) is 6.06. The van der Waals surface area contributed by atoms with Crippen molar-refractivity contribution in [3.05, 3.63) is 11.6 Å². The quantitative estimate of drug-likeness (QED) is 0.445. The third-order valence-corrected chi connectivity index (χ3v) is 7.64. The van der Waals surface area contributed by atoms with Gasteiger partial charge in [-0.05, 0) is 60.8 Å². The fraction of sp³-hybridized carbons (Fsp3) is 0.900. The smallest absolute Gasteiger partial charge is 0.0642 e. The van der Waals surface area contributed by atoms with E-state index < -0.39 is 11.5 Å². The van der Waals surface area contributed by atoms with E-state index in [0.717, 1.165) is 31.3 Å². The Morgan fingerprint density at radius 1 is 1.16 bits per heavy atom. The number of hydrogen-bond donors (Lipinski definition) is 5. The van der Waals surface area contributed by atoms with Crippen LogP contribution in [0.4, 0.5) is 0 Å². The van der Waals surface area contributed by atoms with Gasteiger partial charge in [-0.2, -0.15) is 0 Å². The summed E-state index contributed by atoms with van der Waals surface area (Å²) in [5.74, 6) is 0.366. The van der Waals surface area contributed by atoms with Crippen LogP contribution >= 0.6 is 0 Å². The van der Waals surface area contributed by atoms with Crippen molar-refractivity contribution in [2.75, 3.05) is 26.4 Å². The summed E-state index contributed by atoms with van der Waals surface area (Å²) in [5.41, 5.74) is 0.125. The van der Waals surface area contributed by atoms with E-state index in [1.807, 2.05) is 0 Å². The lowest BCUT2D eigenvalue weighted by Gasteiger charge is -2.63. The maximum absolute atomic E-state index is 10.9. The number of rotatable bonds is 7. The molecule has 2 rings (SSSR count). The Labute approximate surface area is 151 Å². The standard InChI is InChI=1S/C20H36O5/c1-14-10-18(25)20(13-24)16(12-23)4-3-5-17(20)19(14,2)8-6-15(11-22)7-9-21/h7,14,16-18,21-25H,3-6,8-13H2,1-2H3. The van der Waals surface area contributed by atoms with Gasteiger partial charge in [0.1, 0.15) is 0 Å². The Morgan fingerprint density at radius 2 is 1.88 bits per heavy atom. The SMILES string of the molecule is CC1CC(O)C2(CO)C(CO)CCCC2C1(C)CCC(=CCO)CO. The summed E-state index contributed by atoms with van der Waals surface area (Å²) in [7, 11) is 0. The number of hydrogen-bond acceptors (Lipinski definition) is 5. The molecule has 2 fully saturated rings. The lowest BCUT2D eigenvalue weighted by Crippen LogP contribution is -2.63. The van der Waals surface area contributed by atoms with E-state index in [1.54, 1.807) is 6.08 Å². The molecule has 5 N–H and O–H groups in total. The van der Waals surface area contributed by atoms with Crippen molar-refractivity contribution in [1.29, 1.82) is 0 Å². The van der Waals surface area contributed by atoms with Gasteiger partial charge in [0.25, 0.3) is 0 Å². The van der Waals surface area contributed by atoms with Crippen LogP contribution in [0.15, 0.2) is 11.6 Å². The minimum Gasteiger partial charge on any atom is -0.396 e. The molecule has 2 aliphatic carbocycles. The molecule has 0 aromatic heterocycles. The topological polar surface area (TPSA) is 101 Å². The molecule has 5 heteroatoms. The van der Waals surface area contributed by atoms with Crippen molar-refractivity contribution >= 4 is 0 Å². The first-order valence-corrected chi connectivity index (χ1v) is 9.70. The van der Waals surface area contributed by atoms with Gasteiger partial charge in [0.05, 0.1) is 25.9 Å². The summed E-state index contributed by atoms with van der Waals surface area (Å²) in [5, 5.41) is 49.7. The Balaban J connectivity index is 2.34. The molecular weight excluding hydrogens is 320 g/mol. The molecule has 2 saturated carbocycles. The van der Waals surface area contributed by atoms with Gasteiger partial charge in [0, 0.05) is 12.0 Å². The first-order valence-electron chi connectivity index (χ1n) is 9.70. The normalized spacial score (nSPS) is 42.3. The van der Waals surface area contributed by atoms with Gasteiger partial charge in [-0.3, -0.25) is 0 Å². The number of fused-ring (bicyclic) bond motifs is 1. The molecule has 25 heavy (non-hydrogen) atoms. The van der Waals surface area contributed by atoms with Crippen LogP contribution in [-0.4, -0.2) is 58.1 Å². The zero-order chi connectivity index (χ0) is 18.7. The Kier molecular flexibility index (Phi) is 7.08. The van der Waals surface area contributed by atoms with Crippen molar-refractivity contribution in [3.8, 4) is 0 Å². The van der Waals surface area contributed by atoms with Crippen molar-refractivity contribution < 1.29 is 25.5 Å². The van der Waals surface area contributed by atoms with Crippen LogP contribution in [0.5, 0.6) is 0 Å². The molecule has 0 aliphatic heterocycles. The molecule has 0 spiro atoms. The van der Waals surface area contributed by atoms with Crippen LogP contribution < -0.4 is 0 Å². The monoisotopic (exact) mass is 356 g/mol. The van der Waals surface area contributed by atoms with Crippen LogP contribution in [0, 0.1) is 28.6 Å². The zero-order valence-corrected chi connectivity index (χ0v) is 15.7. The number of aliphatic hydroxyl groups excluding tert-OH is 5. The lowest BCUT2D eigenvalue weighted by atomic mass is 9.43. The largest absolute Gasteiger partial charge is 0.396 e. The highest BCUT2D eigenvalue weighted by atomic mass is 16.3. The summed E-state index contributed by atoms with van der Waals surface area (Å²) < 4.78 is 0.